The highest BCUT2D eigenvalue weighted by Gasteiger charge is 2.48. The quantitative estimate of drug-likeness (QED) is 0.614. The van der Waals surface area contributed by atoms with Gasteiger partial charge in [0.25, 0.3) is 0 Å². The molecule has 18 heavy (non-hydrogen) atoms. The minimum absolute atomic E-state index is 0.194. The van der Waals surface area contributed by atoms with E-state index in [9.17, 15) is 21.6 Å². The zero-order valence-electron chi connectivity index (χ0n) is 9.65. The number of benzene rings is 1. The van der Waals surface area contributed by atoms with Crippen LogP contribution in [0.4, 0.5) is 13.2 Å². The summed E-state index contributed by atoms with van der Waals surface area (Å²) in [5.74, 6) is 0. The third kappa shape index (κ3) is 3.71. The molecule has 102 valence electrons. The minimum atomic E-state index is -5.57. The predicted molar refractivity (Wildman–Crippen MR) is 60.2 cm³/mol. The number of alkyl halides is 3. The van der Waals surface area contributed by atoms with E-state index in [1.165, 1.54) is 12.1 Å². The molecule has 0 bridgehead atoms. The number of hydrogen-bond acceptors (Lipinski definition) is 3. The molecular weight excluding hydrogens is 269 g/mol. The average molecular weight is 282 g/mol. The average Bonchev–Trinajstić information content (AvgIpc) is 2.28. The Balaban J connectivity index is 2.96. The lowest BCUT2D eigenvalue weighted by Gasteiger charge is -2.18. The Morgan fingerprint density at radius 3 is 2.22 bits per heavy atom. The van der Waals surface area contributed by atoms with E-state index >= 15 is 0 Å². The summed E-state index contributed by atoms with van der Waals surface area (Å²) in [5.41, 5.74) is -4.99. The molecular formula is C11H13F3O3S. The first-order valence-electron chi connectivity index (χ1n) is 5.32. The largest absolute Gasteiger partial charge is 0.523 e. The van der Waals surface area contributed by atoms with E-state index in [1.807, 2.05) is 0 Å². The molecule has 0 saturated carbocycles. The lowest BCUT2D eigenvalue weighted by molar-refractivity contribution is -0.0577. The molecule has 1 aromatic rings. The van der Waals surface area contributed by atoms with Crippen LogP contribution in [0.1, 0.15) is 31.4 Å². The molecule has 0 fully saturated rings. The molecule has 0 saturated heterocycles. The van der Waals surface area contributed by atoms with Crippen molar-refractivity contribution in [3.05, 3.63) is 35.9 Å². The maximum Gasteiger partial charge on any atom is 0.523 e. The summed E-state index contributed by atoms with van der Waals surface area (Å²) in [6, 6.07) is 7.98. The van der Waals surface area contributed by atoms with E-state index < -0.39 is 21.7 Å². The van der Waals surface area contributed by atoms with Crippen molar-refractivity contribution in [3.8, 4) is 0 Å². The van der Waals surface area contributed by atoms with Crippen molar-refractivity contribution in [2.24, 2.45) is 0 Å². The minimum Gasteiger partial charge on any atom is -0.255 e. The van der Waals surface area contributed by atoms with Gasteiger partial charge < -0.3 is 0 Å². The van der Waals surface area contributed by atoms with Gasteiger partial charge in [-0.15, -0.1) is 0 Å². The third-order valence-electron chi connectivity index (χ3n) is 2.25. The standard InChI is InChI=1S/C11H13F3O3S/c1-2-6-10(9-7-4-3-5-8-9)17-18(15,16)11(12,13)14/h3-5,7-8,10H,2,6H2,1H3. The van der Waals surface area contributed by atoms with Gasteiger partial charge in [-0.1, -0.05) is 43.7 Å². The van der Waals surface area contributed by atoms with Gasteiger partial charge in [0.1, 0.15) is 6.10 Å². The maximum atomic E-state index is 12.2. The Labute approximate surface area is 104 Å². The molecule has 3 nitrogen and oxygen atoms in total. The van der Waals surface area contributed by atoms with E-state index in [0.717, 1.165) is 0 Å². The van der Waals surface area contributed by atoms with E-state index in [4.69, 9.17) is 0 Å². The van der Waals surface area contributed by atoms with Crippen molar-refractivity contribution >= 4 is 10.1 Å². The second-order valence-corrected chi connectivity index (χ2v) is 5.25. The van der Waals surface area contributed by atoms with Crippen LogP contribution in [-0.4, -0.2) is 13.9 Å². The first-order valence-corrected chi connectivity index (χ1v) is 6.73. The van der Waals surface area contributed by atoms with Gasteiger partial charge in [-0.25, -0.2) is 0 Å². The Morgan fingerprint density at radius 2 is 1.78 bits per heavy atom. The fourth-order valence-electron chi connectivity index (χ4n) is 1.41. The highest BCUT2D eigenvalue weighted by molar-refractivity contribution is 7.87. The first kappa shape index (κ1) is 15.0. The van der Waals surface area contributed by atoms with Gasteiger partial charge in [0, 0.05) is 0 Å². The van der Waals surface area contributed by atoms with Gasteiger partial charge in [0.15, 0.2) is 0 Å². The van der Waals surface area contributed by atoms with Crippen molar-refractivity contribution in [1.29, 1.82) is 0 Å². The van der Waals surface area contributed by atoms with Crippen LogP contribution in [0, 0.1) is 0 Å². The molecule has 1 rings (SSSR count). The second kappa shape index (κ2) is 5.71. The fourth-order valence-corrected chi connectivity index (χ4v) is 2.03. The number of rotatable bonds is 5. The van der Waals surface area contributed by atoms with Crippen molar-refractivity contribution in [2.75, 3.05) is 0 Å². The molecule has 7 heteroatoms. The molecule has 0 radical (unpaired) electrons. The summed E-state index contributed by atoms with van der Waals surface area (Å²) in [6.45, 7) is 1.74. The molecule has 1 aromatic carbocycles. The maximum absolute atomic E-state index is 12.2. The van der Waals surface area contributed by atoms with Crippen molar-refractivity contribution in [2.45, 2.75) is 31.4 Å². The van der Waals surface area contributed by atoms with E-state index in [1.54, 1.807) is 25.1 Å². The van der Waals surface area contributed by atoms with Gasteiger partial charge in [-0.05, 0) is 12.0 Å². The number of halogens is 3. The van der Waals surface area contributed by atoms with Crippen LogP contribution in [0.2, 0.25) is 0 Å². The molecule has 1 unspecified atom stereocenters. The van der Waals surface area contributed by atoms with Gasteiger partial charge in [0.2, 0.25) is 0 Å². The zero-order chi connectivity index (χ0) is 13.8. The highest BCUT2D eigenvalue weighted by atomic mass is 32.2. The Morgan fingerprint density at radius 1 is 1.22 bits per heavy atom. The molecule has 0 aliphatic rings. The van der Waals surface area contributed by atoms with E-state index in [2.05, 4.69) is 4.18 Å². The van der Waals surface area contributed by atoms with Gasteiger partial charge in [-0.2, -0.15) is 21.6 Å². The molecule has 0 amide bonds. The van der Waals surface area contributed by atoms with Crippen LogP contribution >= 0.6 is 0 Å². The second-order valence-electron chi connectivity index (χ2n) is 3.68. The molecule has 0 aliphatic carbocycles. The summed E-state index contributed by atoms with van der Waals surface area (Å²) in [4.78, 5) is 0. The van der Waals surface area contributed by atoms with Crippen LogP contribution in [0.5, 0.6) is 0 Å². The summed E-state index contributed by atoms with van der Waals surface area (Å²) in [5, 5.41) is 0. The van der Waals surface area contributed by atoms with Crippen LogP contribution in [0.15, 0.2) is 30.3 Å². The normalized spacial score (nSPS) is 14.4. The Bertz CT molecular complexity index is 468. The third-order valence-corrected chi connectivity index (χ3v) is 3.30. The van der Waals surface area contributed by atoms with Crippen LogP contribution in [0.3, 0.4) is 0 Å². The van der Waals surface area contributed by atoms with Gasteiger partial charge in [0.05, 0.1) is 0 Å². The molecule has 0 aromatic heterocycles. The Hall–Kier alpha value is -1.08. The zero-order valence-corrected chi connectivity index (χ0v) is 10.5. The summed E-state index contributed by atoms with van der Waals surface area (Å²) < 4.78 is 62.9. The summed E-state index contributed by atoms with van der Waals surface area (Å²) in [7, 11) is -5.57. The predicted octanol–water partition coefficient (Wildman–Crippen LogP) is 3.39. The number of hydrogen-bond donors (Lipinski definition) is 0. The van der Waals surface area contributed by atoms with Crippen LogP contribution in [0.25, 0.3) is 0 Å². The van der Waals surface area contributed by atoms with Crippen molar-refractivity contribution < 1.29 is 25.8 Å². The summed E-state index contributed by atoms with van der Waals surface area (Å²) >= 11 is 0. The van der Waals surface area contributed by atoms with Crippen LogP contribution < -0.4 is 0 Å². The highest BCUT2D eigenvalue weighted by Crippen LogP contribution is 2.32. The Kier molecular flexibility index (Phi) is 4.75. The smallest absolute Gasteiger partial charge is 0.255 e. The molecule has 1 atom stereocenters. The molecule has 0 N–H and O–H groups in total. The van der Waals surface area contributed by atoms with E-state index in [0.29, 0.717) is 12.0 Å². The van der Waals surface area contributed by atoms with Crippen molar-refractivity contribution in [1.82, 2.24) is 0 Å². The lowest BCUT2D eigenvalue weighted by Crippen LogP contribution is -2.27. The van der Waals surface area contributed by atoms with Crippen molar-refractivity contribution in [3.63, 3.8) is 0 Å². The molecule has 0 aliphatic heterocycles. The van der Waals surface area contributed by atoms with Crippen LogP contribution in [-0.2, 0) is 14.3 Å². The monoisotopic (exact) mass is 282 g/mol. The fraction of sp³-hybridized carbons (Fsp3) is 0.455. The van der Waals surface area contributed by atoms with E-state index in [-0.39, 0.29) is 6.42 Å². The SMILES string of the molecule is CCCC(OS(=O)(=O)C(F)(F)F)c1ccccc1. The molecule has 0 spiro atoms. The summed E-state index contributed by atoms with van der Waals surface area (Å²) in [6.07, 6.45) is -0.408. The van der Waals surface area contributed by atoms with Gasteiger partial charge >= 0.3 is 15.6 Å². The first-order chi connectivity index (χ1) is 8.28. The van der Waals surface area contributed by atoms with Gasteiger partial charge in [-0.3, -0.25) is 4.18 Å². The molecule has 0 heterocycles. The topological polar surface area (TPSA) is 43.4 Å². The lowest BCUT2D eigenvalue weighted by atomic mass is 10.1.